The van der Waals surface area contributed by atoms with Crippen molar-refractivity contribution in [2.24, 2.45) is 0 Å². The molecular formula is C11H14N2O2. The number of carbonyl (C=O) groups excluding carboxylic acids is 1. The largest absolute Gasteiger partial charge is 0.506 e. The third-order valence-corrected chi connectivity index (χ3v) is 2.69. The van der Waals surface area contributed by atoms with Gasteiger partial charge in [0.1, 0.15) is 5.75 Å². The lowest BCUT2D eigenvalue weighted by molar-refractivity contribution is 0.0983. The number of Topliss-reactive ketones (excluding diaryl/α,β-unsaturated/α-hetero) is 1. The van der Waals surface area contributed by atoms with E-state index in [9.17, 15) is 9.90 Å². The summed E-state index contributed by atoms with van der Waals surface area (Å²) in [7, 11) is 1.87. The molecule has 0 radical (unpaired) electrons. The number of aromatic hydroxyl groups is 1. The molecule has 4 nitrogen and oxygen atoms in total. The third kappa shape index (κ3) is 1.63. The first-order chi connectivity index (χ1) is 7.09. The molecule has 1 aliphatic rings. The predicted molar refractivity (Wildman–Crippen MR) is 59.4 cm³/mol. The fraction of sp³-hybridized carbons (Fsp3) is 0.364. The number of nitrogen functional groups attached to an aromatic ring is 1. The highest BCUT2D eigenvalue weighted by Crippen LogP contribution is 2.35. The van der Waals surface area contributed by atoms with Crippen molar-refractivity contribution >= 4 is 17.2 Å². The molecule has 0 aliphatic carbocycles. The average molecular weight is 206 g/mol. The Bertz CT molecular complexity index is 415. The Morgan fingerprint density at radius 1 is 1.47 bits per heavy atom. The minimum Gasteiger partial charge on any atom is -0.506 e. The SMILES string of the molecule is CN1CCCC(=O)c2cc(N)cc(O)c21. The van der Waals surface area contributed by atoms with Crippen molar-refractivity contribution in [1.29, 1.82) is 0 Å². The van der Waals surface area contributed by atoms with Crippen molar-refractivity contribution in [3.8, 4) is 5.75 Å². The van der Waals surface area contributed by atoms with E-state index in [0.717, 1.165) is 13.0 Å². The van der Waals surface area contributed by atoms with Gasteiger partial charge < -0.3 is 15.7 Å². The number of rotatable bonds is 0. The monoisotopic (exact) mass is 206 g/mol. The Kier molecular flexibility index (Phi) is 2.26. The Balaban J connectivity index is 2.64. The van der Waals surface area contributed by atoms with Crippen LogP contribution in [0.4, 0.5) is 11.4 Å². The summed E-state index contributed by atoms with van der Waals surface area (Å²) in [6, 6.07) is 3.12. The third-order valence-electron chi connectivity index (χ3n) is 2.69. The molecule has 0 saturated heterocycles. The van der Waals surface area contributed by atoms with Gasteiger partial charge in [0, 0.05) is 37.3 Å². The second-order valence-corrected chi connectivity index (χ2v) is 3.88. The molecule has 3 N–H and O–H groups in total. The van der Waals surface area contributed by atoms with E-state index >= 15 is 0 Å². The molecular weight excluding hydrogens is 192 g/mol. The maximum absolute atomic E-state index is 11.8. The number of hydrogen-bond donors (Lipinski definition) is 2. The molecule has 15 heavy (non-hydrogen) atoms. The molecule has 1 aromatic carbocycles. The fourth-order valence-corrected chi connectivity index (χ4v) is 1.98. The van der Waals surface area contributed by atoms with Gasteiger partial charge in [-0.15, -0.1) is 0 Å². The van der Waals surface area contributed by atoms with Crippen LogP contribution in [0, 0.1) is 0 Å². The molecule has 0 fully saturated rings. The predicted octanol–water partition coefficient (Wildman–Crippen LogP) is 1.39. The van der Waals surface area contributed by atoms with Gasteiger partial charge in [0.2, 0.25) is 0 Å². The number of benzene rings is 1. The highest BCUT2D eigenvalue weighted by atomic mass is 16.3. The molecule has 2 rings (SSSR count). The molecule has 0 aromatic heterocycles. The van der Waals surface area contributed by atoms with Gasteiger partial charge in [-0.3, -0.25) is 4.79 Å². The maximum atomic E-state index is 11.8. The summed E-state index contributed by atoms with van der Waals surface area (Å²) in [5.41, 5.74) is 7.17. The van der Waals surface area contributed by atoms with Gasteiger partial charge in [0.15, 0.2) is 5.78 Å². The van der Waals surface area contributed by atoms with Gasteiger partial charge in [0.25, 0.3) is 0 Å². The minimum absolute atomic E-state index is 0.0527. The van der Waals surface area contributed by atoms with Crippen molar-refractivity contribution in [1.82, 2.24) is 0 Å². The van der Waals surface area contributed by atoms with Crippen molar-refractivity contribution < 1.29 is 9.90 Å². The average Bonchev–Trinajstić information content (AvgIpc) is 2.27. The van der Waals surface area contributed by atoms with Gasteiger partial charge in [-0.05, 0) is 12.5 Å². The molecule has 0 unspecified atom stereocenters. The number of nitrogens with zero attached hydrogens (tertiary/aromatic N) is 1. The van der Waals surface area contributed by atoms with Crippen LogP contribution in [0.15, 0.2) is 12.1 Å². The van der Waals surface area contributed by atoms with Gasteiger partial charge in [-0.1, -0.05) is 0 Å². The highest BCUT2D eigenvalue weighted by Gasteiger charge is 2.22. The first-order valence-electron chi connectivity index (χ1n) is 4.96. The number of phenols is 1. The van der Waals surface area contributed by atoms with Crippen LogP contribution in [0.2, 0.25) is 0 Å². The molecule has 0 atom stereocenters. The zero-order valence-corrected chi connectivity index (χ0v) is 8.66. The van der Waals surface area contributed by atoms with E-state index in [2.05, 4.69) is 0 Å². The highest BCUT2D eigenvalue weighted by molar-refractivity contribution is 6.04. The van der Waals surface area contributed by atoms with E-state index in [1.165, 1.54) is 6.07 Å². The van der Waals surface area contributed by atoms with Gasteiger partial charge in [-0.25, -0.2) is 0 Å². The van der Waals surface area contributed by atoms with E-state index in [1.54, 1.807) is 6.07 Å². The molecule has 4 heteroatoms. The second-order valence-electron chi connectivity index (χ2n) is 3.88. The molecule has 0 bridgehead atoms. The van der Waals surface area contributed by atoms with Crippen molar-refractivity contribution in [3.63, 3.8) is 0 Å². The van der Waals surface area contributed by atoms with Crippen LogP contribution in [0.3, 0.4) is 0 Å². The molecule has 0 spiro atoms. The Morgan fingerprint density at radius 3 is 2.93 bits per heavy atom. The van der Waals surface area contributed by atoms with E-state index in [4.69, 9.17) is 5.73 Å². The van der Waals surface area contributed by atoms with Crippen molar-refractivity contribution in [3.05, 3.63) is 17.7 Å². The van der Waals surface area contributed by atoms with E-state index < -0.39 is 0 Å². The number of hydrogen-bond acceptors (Lipinski definition) is 4. The topological polar surface area (TPSA) is 66.6 Å². The molecule has 80 valence electrons. The van der Waals surface area contributed by atoms with Gasteiger partial charge in [-0.2, -0.15) is 0 Å². The Labute approximate surface area is 88.3 Å². The van der Waals surface area contributed by atoms with Crippen molar-refractivity contribution in [2.45, 2.75) is 12.8 Å². The summed E-state index contributed by atoms with van der Waals surface area (Å²) >= 11 is 0. The molecule has 1 aromatic rings. The summed E-state index contributed by atoms with van der Waals surface area (Å²) < 4.78 is 0. The summed E-state index contributed by atoms with van der Waals surface area (Å²) in [4.78, 5) is 13.7. The number of phenolic OH excluding ortho intramolecular Hbond substituents is 1. The van der Waals surface area contributed by atoms with E-state index in [-0.39, 0.29) is 11.5 Å². The van der Waals surface area contributed by atoms with Crippen LogP contribution < -0.4 is 10.6 Å². The quantitative estimate of drug-likeness (QED) is 0.629. The van der Waals surface area contributed by atoms with E-state index in [1.807, 2.05) is 11.9 Å². The van der Waals surface area contributed by atoms with Crippen LogP contribution in [0.5, 0.6) is 5.75 Å². The van der Waals surface area contributed by atoms with Crippen LogP contribution in [0.25, 0.3) is 0 Å². The number of ketones is 1. The van der Waals surface area contributed by atoms with E-state index in [0.29, 0.717) is 23.4 Å². The Hall–Kier alpha value is -1.71. The van der Waals surface area contributed by atoms with Crippen LogP contribution in [-0.4, -0.2) is 24.5 Å². The zero-order valence-electron chi connectivity index (χ0n) is 8.66. The lowest BCUT2D eigenvalue weighted by Crippen LogP contribution is -2.18. The second kappa shape index (κ2) is 3.46. The number of nitrogens with two attached hydrogens (primary N) is 1. The summed E-state index contributed by atoms with van der Waals surface area (Å²) in [5.74, 6) is 0.139. The zero-order chi connectivity index (χ0) is 11.0. The van der Waals surface area contributed by atoms with Crippen LogP contribution in [-0.2, 0) is 0 Å². The number of carbonyl (C=O) groups is 1. The lowest BCUT2D eigenvalue weighted by Gasteiger charge is -2.20. The van der Waals surface area contributed by atoms with Crippen molar-refractivity contribution in [2.75, 3.05) is 24.2 Å². The number of fused-ring (bicyclic) bond motifs is 1. The molecule has 1 heterocycles. The summed E-state index contributed by atoms with van der Waals surface area (Å²) in [5, 5.41) is 9.78. The maximum Gasteiger partial charge on any atom is 0.165 e. The Morgan fingerprint density at radius 2 is 2.20 bits per heavy atom. The lowest BCUT2D eigenvalue weighted by atomic mass is 10.0. The summed E-state index contributed by atoms with van der Waals surface area (Å²) in [6.07, 6.45) is 1.32. The van der Waals surface area contributed by atoms with Crippen LogP contribution in [0.1, 0.15) is 23.2 Å². The smallest absolute Gasteiger partial charge is 0.165 e. The van der Waals surface area contributed by atoms with Gasteiger partial charge in [0.05, 0.1) is 5.69 Å². The normalized spacial score (nSPS) is 16.1. The minimum atomic E-state index is 0.0527. The first kappa shape index (κ1) is 9.83. The summed E-state index contributed by atoms with van der Waals surface area (Å²) in [6.45, 7) is 0.774. The van der Waals surface area contributed by atoms with Crippen LogP contribution >= 0.6 is 0 Å². The molecule has 0 saturated carbocycles. The first-order valence-corrected chi connectivity index (χ1v) is 4.96. The molecule has 1 aliphatic heterocycles. The molecule has 0 amide bonds. The standard InChI is InChI=1S/C11H14N2O2/c1-13-4-2-3-9(14)8-5-7(12)6-10(15)11(8)13/h5-6,15H,2-4,12H2,1H3. The number of anilines is 2. The van der Waals surface area contributed by atoms with Gasteiger partial charge >= 0.3 is 0 Å². The fourth-order valence-electron chi connectivity index (χ4n) is 1.98.